The van der Waals surface area contributed by atoms with Crippen LogP contribution in [-0.2, 0) is 6.54 Å². The average molecular weight is 358 g/mol. The van der Waals surface area contributed by atoms with E-state index in [1.807, 2.05) is 24.3 Å². The summed E-state index contributed by atoms with van der Waals surface area (Å²) in [5, 5.41) is 3.49. The molecule has 0 aromatic heterocycles. The lowest BCUT2D eigenvalue weighted by atomic mass is 10.2. The second-order valence-electron chi connectivity index (χ2n) is 5.42. The molecule has 0 bridgehead atoms. The van der Waals surface area contributed by atoms with E-state index in [0.29, 0.717) is 6.54 Å². The minimum atomic E-state index is 0.699. The zero-order valence-corrected chi connectivity index (χ0v) is 14.1. The van der Waals surface area contributed by atoms with Gasteiger partial charge in [0.25, 0.3) is 0 Å². The Morgan fingerprint density at radius 1 is 1.00 bits per heavy atom. The first-order valence-corrected chi connectivity index (χ1v) is 8.47. The summed E-state index contributed by atoms with van der Waals surface area (Å²) in [4.78, 5) is 7.16. The van der Waals surface area contributed by atoms with E-state index < -0.39 is 0 Å². The van der Waals surface area contributed by atoms with Crippen molar-refractivity contribution in [3.63, 3.8) is 0 Å². The molecule has 4 heteroatoms. The minimum Gasteiger partial charge on any atom is -0.343 e. The number of nitrogens with one attached hydrogen (secondary N) is 1. The van der Waals surface area contributed by atoms with Crippen LogP contribution < -0.4 is 5.32 Å². The molecule has 1 heterocycles. The second-order valence-corrected chi connectivity index (χ2v) is 6.28. The average Bonchev–Trinajstić information content (AvgIpc) is 3.08. The van der Waals surface area contributed by atoms with Crippen LogP contribution in [0.1, 0.15) is 18.4 Å². The molecule has 1 fully saturated rings. The molecule has 0 spiro atoms. The molecule has 2 aromatic rings. The Morgan fingerprint density at radius 3 is 2.41 bits per heavy atom. The monoisotopic (exact) mass is 357 g/mol. The number of likely N-dealkylation sites (tertiary alicyclic amines) is 1. The zero-order valence-electron chi connectivity index (χ0n) is 12.5. The van der Waals surface area contributed by atoms with Gasteiger partial charge in [-0.25, -0.2) is 4.99 Å². The largest absolute Gasteiger partial charge is 0.343 e. The van der Waals surface area contributed by atoms with Gasteiger partial charge >= 0.3 is 0 Å². The number of nitrogens with zero attached hydrogens (tertiary/aromatic N) is 2. The van der Waals surface area contributed by atoms with Gasteiger partial charge in [-0.15, -0.1) is 0 Å². The summed E-state index contributed by atoms with van der Waals surface area (Å²) in [7, 11) is 0. The number of aliphatic imine (C=N–C) groups is 1. The van der Waals surface area contributed by atoms with Crippen LogP contribution >= 0.6 is 15.9 Å². The van der Waals surface area contributed by atoms with E-state index >= 15 is 0 Å². The normalized spacial score (nSPS) is 15.1. The van der Waals surface area contributed by atoms with Crippen LogP contribution in [0.4, 0.5) is 5.69 Å². The SMILES string of the molecule is Brc1ccccc1NC(=NCc1ccccc1)N1CCCC1. The third-order valence-corrected chi connectivity index (χ3v) is 4.47. The first-order valence-electron chi connectivity index (χ1n) is 7.68. The van der Waals surface area contributed by atoms with Crippen molar-refractivity contribution in [3.05, 3.63) is 64.6 Å². The molecule has 1 aliphatic rings. The Balaban J connectivity index is 1.79. The Hall–Kier alpha value is -1.81. The van der Waals surface area contributed by atoms with E-state index in [9.17, 15) is 0 Å². The number of benzene rings is 2. The Kier molecular flexibility index (Phi) is 5.11. The summed E-state index contributed by atoms with van der Waals surface area (Å²) in [6.07, 6.45) is 2.48. The molecule has 0 saturated carbocycles. The highest BCUT2D eigenvalue weighted by Gasteiger charge is 2.17. The minimum absolute atomic E-state index is 0.699. The third-order valence-electron chi connectivity index (χ3n) is 3.78. The number of guanidine groups is 1. The van der Waals surface area contributed by atoms with Gasteiger partial charge in [0.05, 0.1) is 12.2 Å². The standard InChI is InChI=1S/C18H20BrN3/c19-16-10-4-5-11-17(16)21-18(22-12-6-7-13-22)20-14-15-8-2-1-3-9-15/h1-5,8-11H,6-7,12-14H2,(H,20,21). The maximum atomic E-state index is 4.82. The van der Waals surface area contributed by atoms with Crippen LogP contribution in [0, 0.1) is 0 Å². The van der Waals surface area contributed by atoms with Gasteiger partial charge in [0.2, 0.25) is 0 Å². The number of anilines is 1. The maximum absolute atomic E-state index is 4.82. The number of rotatable bonds is 3. The van der Waals surface area contributed by atoms with Crippen molar-refractivity contribution in [3.8, 4) is 0 Å². The predicted octanol–water partition coefficient (Wildman–Crippen LogP) is 4.51. The number of hydrogen-bond acceptors (Lipinski definition) is 1. The Labute approximate surface area is 140 Å². The van der Waals surface area contributed by atoms with Gasteiger partial charge < -0.3 is 10.2 Å². The van der Waals surface area contributed by atoms with Crippen molar-refractivity contribution in [1.29, 1.82) is 0 Å². The van der Waals surface area contributed by atoms with Crippen LogP contribution in [-0.4, -0.2) is 23.9 Å². The van der Waals surface area contributed by atoms with Crippen molar-refractivity contribution >= 4 is 27.6 Å². The molecule has 0 aliphatic carbocycles. The van der Waals surface area contributed by atoms with Crippen LogP contribution in [0.2, 0.25) is 0 Å². The van der Waals surface area contributed by atoms with Crippen LogP contribution in [0.5, 0.6) is 0 Å². The van der Waals surface area contributed by atoms with Gasteiger partial charge in [0.15, 0.2) is 5.96 Å². The molecule has 3 rings (SSSR count). The van der Waals surface area contributed by atoms with Gasteiger partial charge in [-0.05, 0) is 46.5 Å². The highest BCUT2D eigenvalue weighted by Crippen LogP contribution is 2.22. The summed E-state index contributed by atoms with van der Waals surface area (Å²) in [6, 6.07) is 18.5. The van der Waals surface area contributed by atoms with E-state index in [2.05, 4.69) is 56.5 Å². The van der Waals surface area contributed by atoms with E-state index in [0.717, 1.165) is 29.2 Å². The van der Waals surface area contributed by atoms with Gasteiger partial charge in [-0.2, -0.15) is 0 Å². The molecular weight excluding hydrogens is 338 g/mol. The van der Waals surface area contributed by atoms with Crippen molar-refractivity contribution in [1.82, 2.24) is 4.90 Å². The molecule has 2 aromatic carbocycles. The molecule has 0 unspecified atom stereocenters. The summed E-state index contributed by atoms with van der Waals surface area (Å²) in [5.74, 6) is 0.966. The third kappa shape index (κ3) is 3.89. The van der Waals surface area contributed by atoms with Gasteiger partial charge in [0.1, 0.15) is 0 Å². The van der Waals surface area contributed by atoms with Crippen LogP contribution in [0.15, 0.2) is 64.1 Å². The highest BCUT2D eigenvalue weighted by molar-refractivity contribution is 9.10. The summed E-state index contributed by atoms with van der Waals surface area (Å²) < 4.78 is 1.06. The molecule has 22 heavy (non-hydrogen) atoms. The van der Waals surface area contributed by atoms with E-state index in [4.69, 9.17) is 4.99 Å². The van der Waals surface area contributed by atoms with Gasteiger partial charge in [-0.3, -0.25) is 0 Å². The van der Waals surface area contributed by atoms with Crippen LogP contribution in [0.25, 0.3) is 0 Å². The molecule has 1 saturated heterocycles. The van der Waals surface area contributed by atoms with Crippen molar-refractivity contribution in [2.45, 2.75) is 19.4 Å². The predicted molar refractivity (Wildman–Crippen MR) is 96.2 cm³/mol. The number of hydrogen-bond donors (Lipinski definition) is 1. The molecule has 0 amide bonds. The quantitative estimate of drug-likeness (QED) is 0.646. The molecule has 0 radical (unpaired) electrons. The topological polar surface area (TPSA) is 27.6 Å². The van der Waals surface area contributed by atoms with Gasteiger partial charge in [0, 0.05) is 17.6 Å². The first kappa shape index (κ1) is 15.1. The maximum Gasteiger partial charge on any atom is 0.198 e. The fraction of sp³-hybridized carbons (Fsp3) is 0.278. The highest BCUT2D eigenvalue weighted by atomic mass is 79.9. The lowest BCUT2D eigenvalue weighted by Gasteiger charge is -2.22. The molecular formula is C18H20BrN3. The summed E-state index contributed by atoms with van der Waals surface area (Å²) in [6.45, 7) is 2.85. The van der Waals surface area contributed by atoms with E-state index in [1.165, 1.54) is 18.4 Å². The van der Waals surface area contributed by atoms with Crippen molar-refractivity contribution in [2.24, 2.45) is 4.99 Å². The molecule has 1 aliphatic heterocycles. The fourth-order valence-electron chi connectivity index (χ4n) is 2.58. The lowest BCUT2D eigenvalue weighted by Crippen LogP contribution is -2.34. The molecule has 114 valence electrons. The zero-order chi connectivity index (χ0) is 15.2. The van der Waals surface area contributed by atoms with Gasteiger partial charge in [-0.1, -0.05) is 42.5 Å². The molecule has 1 N–H and O–H groups in total. The smallest absolute Gasteiger partial charge is 0.198 e. The lowest BCUT2D eigenvalue weighted by molar-refractivity contribution is 0.515. The summed E-state index contributed by atoms with van der Waals surface area (Å²) in [5.41, 5.74) is 2.29. The summed E-state index contributed by atoms with van der Waals surface area (Å²) >= 11 is 3.59. The number of halogens is 1. The Morgan fingerprint density at radius 2 is 1.68 bits per heavy atom. The van der Waals surface area contributed by atoms with Crippen molar-refractivity contribution in [2.75, 3.05) is 18.4 Å². The Bertz CT molecular complexity index is 634. The molecule has 3 nitrogen and oxygen atoms in total. The fourth-order valence-corrected chi connectivity index (χ4v) is 2.96. The second kappa shape index (κ2) is 7.45. The van der Waals surface area contributed by atoms with Crippen LogP contribution in [0.3, 0.4) is 0 Å². The number of para-hydroxylation sites is 1. The van der Waals surface area contributed by atoms with Crippen molar-refractivity contribution < 1.29 is 0 Å². The first-order chi connectivity index (χ1) is 10.8. The molecule has 0 atom stereocenters. The van der Waals surface area contributed by atoms with E-state index in [-0.39, 0.29) is 0 Å². The van der Waals surface area contributed by atoms with E-state index in [1.54, 1.807) is 0 Å².